The maximum Gasteiger partial charge on any atom is 0.269 e. The molecule has 10 nitrogen and oxygen atoms in total. The molecule has 10 heteroatoms. The van der Waals surface area contributed by atoms with Gasteiger partial charge in [-0.15, -0.1) is 0 Å². The molecule has 1 aliphatic heterocycles. The van der Waals surface area contributed by atoms with Crippen LogP contribution in [0.1, 0.15) is 144 Å². The molecule has 0 radical (unpaired) electrons. The predicted molar refractivity (Wildman–Crippen MR) is 223 cm³/mol. The van der Waals surface area contributed by atoms with Crippen molar-refractivity contribution >= 4 is 17.2 Å². The third-order valence-electron chi connectivity index (χ3n) is 13.7. The maximum absolute atomic E-state index is 11.3. The molecule has 0 spiro atoms. The van der Waals surface area contributed by atoms with Gasteiger partial charge < -0.3 is 19.9 Å². The van der Waals surface area contributed by atoms with E-state index in [2.05, 4.69) is 128 Å². The smallest absolute Gasteiger partial charge is 0.269 e. The number of amidine groups is 1. The van der Waals surface area contributed by atoms with Crippen LogP contribution < -0.4 is 5.48 Å². The van der Waals surface area contributed by atoms with Gasteiger partial charge in [0.05, 0.1) is 16.0 Å². The van der Waals surface area contributed by atoms with E-state index in [-0.39, 0.29) is 27.8 Å². The normalized spacial score (nSPS) is 16.8. The molecule has 0 aliphatic carbocycles. The Balaban J connectivity index is 1.46. The molecule has 292 valence electrons. The molecular formula is C46H55N7O3. The molecule has 7 rings (SSSR count). The van der Waals surface area contributed by atoms with Crippen molar-refractivity contribution in [3.63, 3.8) is 0 Å². The van der Waals surface area contributed by atoms with Crippen LogP contribution in [0.25, 0.3) is 0 Å². The van der Waals surface area contributed by atoms with E-state index in [0.29, 0.717) is 11.3 Å². The van der Waals surface area contributed by atoms with Crippen LogP contribution >= 0.6 is 0 Å². The number of aromatic nitrogens is 4. The Kier molecular flexibility index (Phi) is 10.2. The fraction of sp³-hybridized carbons (Fsp3) is 0.370. The number of H-pyrrole nitrogens is 4. The first-order chi connectivity index (χ1) is 27.0. The molecule has 5 heterocycles. The van der Waals surface area contributed by atoms with Crippen LogP contribution in [0.5, 0.6) is 0 Å². The van der Waals surface area contributed by atoms with E-state index in [1.54, 1.807) is 12.1 Å². The van der Waals surface area contributed by atoms with Crippen molar-refractivity contribution in [1.82, 2.24) is 25.4 Å². The van der Waals surface area contributed by atoms with Gasteiger partial charge in [-0.2, -0.15) is 0 Å². The molecule has 0 atom stereocenters. The third kappa shape index (κ3) is 5.84. The first kappa shape index (κ1) is 38.7. The van der Waals surface area contributed by atoms with Gasteiger partial charge in [0, 0.05) is 79.5 Å². The van der Waals surface area contributed by atoms with Crippen molar-refractivity contribution in [1.29, 1.82) is 0 Å². The summed E-state index contributed by atoms with van der Waals surface area (Å²) in [6, 6.07) is 32.2. The van der Waals surface area contributed by atoms with Crippen molar-refractivity contribution in [2.24, 2.45) is 4.99 Å². The molecule has 0 saturated carbocycles. The zero-order valence-electron chi connectivity index (χ0n) is 33.6. The second-order valence-electron chi connectivity index (χ2n) is 15.6. The predicted octanol–water partition coefficient (Wildman–Crippen LogP) is 11.0. The summed E-state index contributed by atoms with van der Waals surface area (Å²) in [4.78, 5) is 31.6. The standard InChI is InChI=1S/C46H55N7O3/c1-8-44(9-2)36-23-21-34(48-36)43(7,31-15-14-16-32(29-31)47-42(52-54)30-17-19-33(20-18-30)53(55)56)35-22-24-37(49-35)45(10-3,11-4)39-26-28-41(51-39)46(12-5,13-6)40-27-25-38(44)50-40/h14-29,48-51,54H,8-13H2,1-7H3,(H,47,52). The number of non-ortho nitro benzene ring substituents is 1. The van der Waals surface area contributed by atoms with E-state index in [1.807, 2.05) is 18.2 Å². The number of nitro benzene ring substituents is 1. The minimum absolute atomic E-state index is 0.0367. The summed E-state index contributed by atoms with van der Waals surface area (Å²) in [5.74, 6) is 0.182. The summed E-state index contributed by atoms with van der Waals surface area (Å²) in [6.45, 7) is 16.0. The van der Waals surface area contributed by atoms with Crippen LogP contribution in [0.15, 0.2) is 102 Å². The number of aliphatic imine (C=N–C) groups is 1. The van der Waals surface area contributed by atoms with Crippen LogP contribution in [-0.4, -0.2) is 35.9 Å². The Bertz CT molecular complexity index is 2240. The Hall–Kier alpha value is -5.61. The second kappa shape index (κ2) is 14.8. The SMILES string of the molecule is CCC1(CC)c2ccc([nH]2)C(CC)(CC)c2ccc([nH]2)C(C)(c2cccc(N=C(NO)c3ccc([N+](=O)[O-])cc3)c2)c2ccc([nH]2)C(CC)(CC)c2ccc1[nH]2. The van der Waals surface area contributed by atoms with Gasteiger partial charge in [-0.1, -0.05) is 53.7 Å². The van der Waals surface area contributed by atoms with Gasteiger partial charge in [-0.25, -0.2) is 4.99 Å². The van der Waals surface area contributed by atoms with Crippen molar-refractivity contribution in [3.8, 4) is 0 Å². The number of nitro groups is 1. The Morgan fingerprint density at radius 3 is 1.34 bits per heavy atom. The first-order valence-electron chi connectivity index (χ1n) is 20.2. The lowest BCUT2D eigenvalue weighted by molar-refractivity contribution is -0.384. The largest absolute Gasteiger partial charge is 0.361 e. The van der Waals surface area contributed by atoms with E-state index in [4.69, 9.17) is 4.99 Å². The lowest BCUT2D eigenvalue weighted by atomic mass is 9.75. The van der Waals surface area contributed by atoms with Gasteiger partial charge in [0.15, 0.2) is 5.84 Å². The average molecular weight is 754 g/mol. The zero-order valence-corrected chi connectivity index (χ0v) is 33.6. The summed E-state index contributed by atoms with van der Waals surface area (Å²) < 4.78 is 0. The molecule has 2 aromatic carbocycles. The minimum atomic E-state index is -0.679. The number of aromatic amines is 4. The highest BCUT2D eigenvalue weighted by molar-refractivity contribution is 5.99. The summed E-state index contributed by atoms with van der Waals surface area (Å²) in [7, 11) is 0. The molecule has 0 saturated heterocycles. The number of fused-ring (bicyclic) bond motifs is 8. The van der Waals surface area contributed by atoms with Crippen LogP contribution in [0, 0.1) is 10.1 Å². The van der Waals surface area contributed by atoms with Gasteiger partial charge >= 0.3 is 0 Å². The summed E-state index contributed by atoms with van der Waals surface area (Å²) in [5, 5.41) is 21.4. The molecule has 6 N–H and O–H groups in total. The number of benzene rings is 2. The monoisotopic (exact) mass is 753 g/mol. The van der Waals surface area contributed by atoms with Crippen LogP contribution in [0.2, 0.25) is 0 Å². The van der Waals surface area contributed by atoms with Crippen molar-refractivity contribution < 1.29 is 10.1 Å². The van der Waals surface area contributed by atoms with Gasteiger partial charge in [-0.3, -0.25) is 20.8 Å². The fourth-order valence-corrected chi connectivity index (χ4v) is 9.68. The lowest BCUT2D eigenvalue weighted by Crippen LogP contribution is -2.32. The van der Waals surface area contributed by atoms with E-state index in [1.165, 1.54) is 34.9 Å². The molecule has 1 aliphatic rings. The Morgan fingerprint density at radius 1 is 0.607 bits per heavy atom. The molecule has 0 unspecified atom stereocenters. The van der Waals surface area contributed by atoms with Crippen LogP contribution in [-0.2, 0) is 21.7 Å². The number of rotatable bonds is 10. The highest BCUT2D eigenvalue weighted by Gasteiger charge is 2.43. The number of nitrogens with zero attached hydrogens (tertiary/aromatic N) is 2. The summed E-state index contributed by atoms with van der Waals surface area (Å²) in [6.07, 6.45) is 5.55. The van der Waals surface area contributed by atoms with Crippen molar-refractivity contribution in [3.05, 3.63) is 164 Å². The molecular weight excluding hydrogens is 699 g/mol. The lowest BCUT2D eigenvalue weighted by Gasteiger charge is -2.35. The molecule has 0 fully saturated rings. The van der Waals surface area contributed by atoms with Gasteiger partial charge in [0.25, 0.3) is 5.69 Å². The number of hydroxylamine groups is 1. The van der Waals surface area contributed by atoms with Gasteiger partial charge in [-0.05, 0) is 124 Å². The maximum atomic E-state index is 11.3. The quantitative estimate of drug-likeness (QED) is 0.0357. The van der Waals surface area contributed by atoms with Crippen LogP contribution in [0.3, 0.4) is 0 Å². The summed E-state index contributed by atoms with van der Waals surface area (Å²) >= 11 is 0. The number of hydrogen-bond donors (Lipinski definition) is 6. The highest BCUT2D eigenvalue weighted by Crippen LogP contribution is 2.48. The molecule has 56 heavy (non-hydrogen) atoms. The topological polar surface area (TPSA) is 151 Å². The molecule has 0 amide bonds. The Morgan fingerprint density at radius 2 is 0.982 bits per heavy atom. The average Bonchev–Trinajstić information content (AvgIpc) is 4.08. The fourth-order valence-electron chi connectivity index (χ4n) is 9.68. The number of hydrogen-bond acceptors (Lipinski definition) is 4. The van der Waals surface area contributed by atoms with E-state index in [0.717, 1.165) is 66.9 Å². The molecule has 4 aromatic heterocycles. The minimum Gasteiger partial charge on any atom is -0.361 e. The zero-order chi connectivity index (χ0) is 39.9. The molecule has 8 bridgehead atoms. The molecule has 6 aromatic rings. The second-order valence-corrected chi connectivity index (χ2v) is 15.6. The van der Waals surface area contributed by atoms with Gasteiger partial charge in [0.2, 0.25) is 0 Å². The van der Waals surface area contributed by atoms with Crippen molar-refractivity contribution in [2.75, 3.05) is 0 Å². The summed E-state index contributed by atoms with van der Waals surface area (Å²) in [5.41, 5.74) is 12.2. The Labute approximate surface area is 329 Å². The van der Waals surface area contributed by atoms with Crippen molar-refractivity contribution in [2.45, 2.75) is 109 Å². The van der Waals surface area contributed by atoms with Gasteiger partial charge in [0.1, 0.15) is 0 Å². The van der Waals surface area contributed by atoms with E-state index >= 15 is 0 Å². The highest BCUT2D eigenvalue weighted by atomic mass is 16.6. The number of nitrogens with one attached hydrogen (secondary N) is 5. The van der Waals surface area contributed by atoms with E-state index in [9.17, 15) is 15.3 Å². The van der Waals surface area contributed by atoms with Crippen LogP contribution in [0.4, 0.5) is 11.4 Å². The first-order valence-corrected chi connectivity index (χ1v) is 20.2. The third-order valence-corrected chi connectivity index (χ3v) is 13.7. The van der Waals surface area contributed by atoms with E-state index < -0.39 is 10.3 Å².